The molecule has 10 rings (SSSR count). The minimum Gasteiger partial charge on any atom is -0.314 e. The topological polar surface area (TPSA) is 8.17 Å². The third kappa shape index (κ3) is 4.06. The molecule has 0 aliphatic heterocycles. The maximum absolute atomic E-state index is 2.46. The molecule has 1 aliphatic carbocycles. The largest absolute Gasteiger partial charge is 0.314 e. The van der Waals surface area contributed by atoms with Gasteiger partial charge in [0.1, 0.15) is 0 Å². The van der Waals surface area contributed by atoms with Crippen LogP contribution in [0.2, 0.25) is 0 Å². The van der Waals surface area contributed by atoms with E-state index in [1.54, 1.807) is 0 Å². The second-order valence-electron chi connectivity index (χ2n) is 12.8. The molecule has 226 valence electrons. The lowest BCUT2D eigenvalue weighted by molar-refractivity contribution is 0.919. The Morgan fingerprint density at radius 2 is 1.12 bits per heavy atom. The number of para-hydroxylation sites is 3. The van der Waals surface area contributed by atoms with Crippen molar-refractivity contribution in [3.63, 3.8) is 0 Å². The van der Waals surface area contributed by atoms with Crippen LogP contribution in [0.25, 0.3) is 70.9 Å². The predicted molar refractivity (Wildman–Crippen MR) is 205 cm³/mol. The molecule has 0 N–H and O–H groups in total. The average molecular weight is 613 g/mol. The molecule has 0 amide bonds. The summed E-state index contributed by atoms with van der Waals surface area (Å²) in [4.78, 5) is 2.46. The van der Waals surface area contributed by atoms with Gasteiger partial charge in [0.2, 0.25) is 0 Å². The molecule has 1 aliphatic rings. The molecular weight excluding hydrogens is 581 g/mol. The lowest BCUT2D eigenvalue weighted by Crippen LogP contribution is -2.17. The zero-order chi connectivity index (χ0) is 31.6. The fourth-order valence-corrected chi connectivity index (χ4v) is 8.04. The monoisotopic (exact) mass is 612 g/mol. The minimum atomic E-state index is 1.02. The SMILES string of the molecule is C1=CCCC(N(c2ccccc2)c2ccc3ccc4c(-c5ccc(-n6c7ccccc7c7ccccc76)cc5)ccc5ccc2c3c54)=C1. The molecule has 0 atom stereocenters. The van der Waals surface area contributed by atoms with E-state index in [1.807, 2.05) is 0 Å². The first-order valence-corrected chi connectivity index (χ1v) is 16.8. The van der Waals surface area contributed by atoms with Gasteiger partial charge < -0.3 is 9.47 Å². The van der Waals surface area contributed by atoms with Gasteiger partial charge >= 0.3 is 0 Å². The van der Waals surface area contributed by atoms with Crippen molar-refractivity contribution in [1.82, 2.24) is 4.57 Å². The lowest BCUT2D eigenvalue weighted by Gasteiger charge is -2.30. The summed E-state index contributed by atoms with van der Waals surface area (Å²) in [7, 11) is 0. The highest BCUT2D eigenvalue weighted by molar-refractivity contribution is 6.27. The van der Waals surface area contributed by atoms with Gasteiger partial charge in [0.25, 0.3) is 0 Å². The zero-order valence-corrected chi connectivity index (χ0v) is 26.5. The molecule has 2 heteroatoms. The Labute approximate surface area is 279 Å². The molecule has 0 saturated carbocycles. The summed E-state index contributed by atoms with van der Waals surface area (Å²) in [5, 5.41) is 10.4. The van der Waals surface area contributed by atoms with Crippen LogP contribution in [0.15, 0.2) is 176 Å². The van der Waals surface area contributed by atoms with Crippen LogP contribution in [0.1, 0.15) is 12.8 Å². The Bertz CT molecular complexity index is 2660. The Morgan fingerprint density at radius 1 is 0.500 bits per heavy atom. The molecule has 9 aromatic rings. The van der Waals surface area contributed by atoms with Crippen LogP contribution in [-0.4, -0.2) is 4.57 Å². The molecule has 0 saturated heterocycles. The highest BCUT2D eigenvalue weighted by atomic mass is 15.1. The standard InChI is InChI=1S/C46H32N2/c1-3-11-34(12-4-1)47(35-13-5-2-6-14-35)44-30-24-33-22-28-40-37(27-21-32-23-29-41(44)46(33)45(32)40)31-19-25-36(26-20-31)48-42-17-9-7-15-38(42)39-16-8-10-18-43(39)48/h1-5,7-13,15-30H,6,14H2. The highest BCUT2D eigenvalue weighted by Crippen LogP contribution is 2.45. The zero-order valence-electron chi connectivity index (χ0n) is 26.5. The summed E-state index contributed by atoms with van der Waals surface area (Å²) in [5.41, 5.74) is 9.86. The van der Waals surface area contributed by atoms with E-state index < -0.39 is 0 Å². The first kappa shape index (κ1) is 27.0. The van der Waals surface area contributed by atoms with E-state index >= 15 is 0 Å². The number of allylic oxidation sites excluding steroid dienone is 4. The summed E-state index contributed by atoms with van der Waals surface area (Å²) in [5.74, 6) is 0. The number of hydrogen-bond acceptors (Lipinski definition) is 1. The molecule has 0 unspecified atom stereocenters. The second-order valence-corrected chi connectivity index (χ2v) is 12.8. The number of benzene rings is 8. The molecule has 1 heterocycles. The van der Waals surface area contributed by atoms with Gasteiger partial charge in [-0.05, 0) is 99.4 Å². The van der Waals surface area contributed by atoms with Crippen LogP contribution >= 0.6 is 0 Å². The molecule has 0 spiro atoms. The van der Waals surface area contributed by atoms with Gasteiger partial charge in [0.05, 0.1) is 16.7 Å². The van der Waals surface area contributed by atoms with Gasteiger partial charge in [-0.25, -0.2) is 0 Å². The van der Waals surface area contributed by atoms with Crippen molar-refractivity contribution >= 4 is 65.5 Å². The summed E-state index contributed by atoms with van der Waals surface area (Å²) in [6, 6.07) is 55.8. The Morgan fingerprint density at radius 3 is 1.83 bits per heavy atom. The van der Waals surface area contributed by atoms with Crippen LogP contribution in [0.3, 0.4) is 0 Å². The van der Waals surface area contributed by atoms with Gasteiger partial charge in [-0.15, -0.1) is 0 Å². The van der Waals surface area contributed by atoms with Crippen molar-refractivity contribution in [2.75, 3.05) is 4.90 Å². The fourth-order valence-electron chi connectivity index (χ4n) is 8.04. The molecule has 1 aromatic heterocycles. The molecule has 0 bridgehead atoms. The van der Waals surface area contributed by atoms with Crippen molar-refractivity contribution in [2.24, 2.45) is 0 Å². The van der Waals surface area contributed by atoms with Gasteiger partial charge in [-0.2, -0.15) is 0 Å². The Kier molecular flexibility index (Phi) is 6.04. The van der Waals surface area contributed by atoms with Crippen LogP contribution in [0, 0.1) is 0 Å². The van der Waals surface area contributed by atoms with E-state index in [4.69, 9.17) is 0 Å². The number of nitrogens with zero attached hydrogens (tertiary/aromatic N) is 2. The quantitative estimate of drug-likeness (QED) is 0.176. The van der Waals surface area contributed by atoms with Crippen molar-refractivity contribution in [2.45, 2.75) is 12.8 Å². The predicted octanol–water partition coefficient (Wildman–Crippen LogP) is 12.7. The molecule has 0 fully saturated rings. The smallest absolute Gasteiger partial charge is 0.0541 e. The molecule has 48 heavy (non-hydrogen) atoms. The molecular formula is C46H32N2. The number of aromatic nitrogens is 1. The van der Waals surface area contributed by atoms with Crippen LogP contribution in [0.4, 0.5) is 11.4 Å². The normalized spacial score (nSPS) is 13.3. The summed E-state index contributed by atoms with van der Waals surface area (Å²) >= 11 is 0. The molecule has 8 aromatic carbocycles. The average Bonchev–Trinajstić information content (AvgIpc) is 3.50. The van der Waals surface area contributed by atoms with Crippen LogP contribution < -0.4 is 4.90 Å². The van der Waals surface area contributed by atoms with E-state index in [2.05, 4.69) is 179 Å². The first-order chi connectivity index (χ1) is 23.8. The van der Waals surface area contributed by atoms with Gasteiger partial charge in [-0.1, -0.05) is 121 Å². The van der Waals surface area contributed by atoms with Crippen LogP contribution in [-0.2, 0) is 0 Å². The second kappa shape index (κ2) is 10.7. The van der Waals surface area contributed by atoms with Crippen LogP contribution in [0.5, 0.6) is 0 Å². The summed E-state index contributed by atoms with van der Waals surface area (Å²) in [6.07, 6.45) is 8.80. The first-order valence-electron chi connectivity index (χ1n) is 16.8. The Balaban J connectivity index is 1.15. The number of anilines is 2. The fraction of sp³-hybridized carbons (Fsp3) is 0.0435. The maximum Gasteiger partial charge on any atom is 0.0541 e. The third-order valence-corrected chi connectivity index (χ3v) is 10.2. The van der Waals surface area contributed by atoms with Crippen molar-refractivity contribution in [1.29, 1.82) is 0 Å². The van der Waals surface area contributed by atoms with Crippen molar-refractivity contribution in [3.05, 3.63) is 176 Å². The van der Waals surface area contributed by atoms with E-state index in [-0.39, 0.29) is 0 Å². The van der Waals surface area contributed by atoms with E-state index in [9.17, 15) is 0 Å². The van der Waals surface area contributed by atoms with E-state index in [0.29, 0.717) is 0 Å². The maximum atomic E-state index is 2.46. The van der Waals surface area contributed by atoms with Crippen molar-refractivity contribution < 1.29 is 0 Å². The van der Waals surface area contributed by atoms with Gasteiger partial charge in [-0.3, -0.25) is 0 Å². The lowest BCUT2D eigenvalue weighted by atomic mass is 9.89. The number of fused-ring (bicyclic) bond motifs is 3. The van der Waals surface area contributed by atoms with Gasteiger partial charge in [0.15, 0.2) is 0 Å². The highest BCUT2D eigenvalue weighted by Gasteiger charge is 2.21. The van der Waals surface area contributed by atoms with E-state index in [0.717, 1.165) is 12.8 Å². The number of hydrogen-bond donors (Lipinski definition) is 0. The summed E-state index contributed by atoms with van der Waals surface area (Å²) in [6.45, 7) is 0. The Hall–Kier alpha value is -6.12. The van der Waals surface area contributed by atoms with Crippen molar-refractivity contribution in [3.8, 4) is 16.8 Å². The molecule has 0 radical (unpaired) electrons. The summed E-state index contributed by atoms with van der Waals surface area (Å²) < 4.78 is 2.39. The minimum absolute atomic E-state index is 1.02. The van der Waals surface area contributed by atoms with Gasteiger partial charge in [0, 0.05) is 33.2 Å². The number of rotatable bonds is 5. The van der Waals surface area contributed by atoms with E-state index in [1.165, 1.54) is 88.0 Å². The molecule has 2 nitrogen and oxygen atoms in total. The third-order valence-electron chi connectivity index (χ3n) is 10.2.